The summed E-state index contributed by atoms with van der Waals surface area (Å²) in [5, 5.41) is 3.36. The van der Waals surface area contributed by atoms with E-state index in [-0.39, 0.29) is 5.41 Å². The number of hydrogen-bond donors (Lipinski definition) is 1. The van der Waals surface area contributed by atoms with E-state index in [0.717, 1.165) is 17.7 Å². The monoisotopic (exact) mass is 227 g/mol. The normalized spacial score (nSPS) is 12.4. The van der Waals surface area contributed by atoms with Crippen molar-refractivity contribution >= 4 is 12.2 Å². The third-order valence-electron chi connectivity index (χ3n) is 2.37. The van der Waals surface area contributed by atoms with Gasteiger partial charge in [-0.3, -0.25) is 4.68 Å². The number of hydrogen-bond acceptors (Lipinski definition) is 2. The molecule has 0 bridgehead atoms. The molecule has 0 unspecified atom stereocenters. The lowest BCUT2D eigenvalue weighted by Gasteiger charge is -2.16. The van der Waals surface area contributed by atoms with Crippen molar-refractivity contribution in [2.45, 2.75) is 32.7 Å². The van der Waals surface area contributed by atoms with E-state index in [4.69, 9.17) is 12.2 Å². The molecule has 1 N–H and O–H groups in total. The minimum Gasteiger partial charge on any atom is -0.308 e. The molecular formula is C11H21N3S. The van der Waals surface area contributed by atoms with Crippen LogP contribution in [0.15, 0.2) is 6.07 Å². The lowest BCUT2D eigenvalue weighted by Crippen LogP contribution is -2.20. The first kappa shape index (κ1) is 12.5. The fourth-order valence-corrected chi connectivity index (χ4v) is 1.54. The Labute approximate surface area is 97.1 Å². The highest BCUT2D eigenvalue weighted by Crippen LogP contribution is 2.20. The van der Waals surface area contributed by atoms with Crippen molar-refractivity contribution in [1.82, 2.24) is 14.7 Å². The van der Waals surface area contributed by atoms with Crippen LogP contribution in [0.5, 0.6) is 0 Å². The zero-order valence-corrected chi connectivity index (χ0v) is 11.1. The predicted molar refractivity (Wildman–Crippen MR) is 66.9 cm³/mol. The van der Waals surface area contributed by atoms with Crippen LogP contribution < -0.4 is 0 Å². The Morgan fingerprint density at radius 2 is 2.00 bits per heavy atom. The average molecular weight is 227 g/mol. The standard InChI is InChI=1S/C11H21N3S/c1-11(2,3)9-8-10(15)14(12-9)7-6-13(4)5/h8,12H,6-7H2,1-5H3. The fourth-order valence-electron chi connectivity index (χ4n) is 1.28. The molecule has 1 heterocycles. The van der Waals surface area contributed by atoms with Crippen molar-refractivity contribution in [1.29, 1.82) is 0 Å². The number of nitrogens with one attached hydrogen (secondary N) is 1. The molecule has 0 aliphatic carbocycles. The van der Waals surface area contributed by atoms with Gasteiger partial charge >= 0.3 is 0 Å². The summed E-state index contributed by atoms with van der Waals surface area (Å²) in [6, 6.07) is 2.06. The molecule has 1 rings (SSSR count). The summed E-state index contributed by atoms with van der Waals surface area (Å²) in [7, 11) is 4.13. The van der Waals surface area contributed by atoms with Crippen molar-refractivity contribution in [3.63, 3.8) is 0 Å². The SMILES string of the molecule is CN(C)CCn1[nH]c(C(C)(C)C)cc1=S. The number of aromatic nitrogens is 2. The molecule has 1 aromatic rings. The third-order valence-corrected chi connectivity index (χ3v) is 2.71. The van der Waals surface area contributed by atoms with Crippen LogP contribution in [0.4, 0.5) is 0 Å². The number of rotatable bonds is 3. The Kier molecular flexibility index (Phi) is 3.73. The second-order valence-electron chi connectivity index (χ2n) is 5.21. The van der Waals surface area contributed by atoms with E-state index < -0.39 is 0 Å². The maximum Gasteiger partial charge on any atom is 0.122 e. The molecule has 15 heavy (non-hydrogen) atoms. The van der Waals surface area contributed by atoms with Gasteiger partial charge in [-0.2, -0.15) is 0 Å². The van der Waals surface area contributed by atoms with Crippen LogP contribution >= 0.6 is 12.2 Å². The van der Waals surface area contributed by atoms with E-state index >= 15 is 0 Å². The number of aromatic amines is 1. The van der Waals surface area contributed by atoms with Crippen LogP contribution in [0, 0.1) is 4.64 Å². The van der Waals surface area contributed by atoms with Crippen molar-refractivity contribution in [3.8, 4) is 0 Å². The van der Waals surface area contributed by atoms with Gasteiger partial charge in [-0.1, -0.05) is 33.0 Å². The van der Waals surface area contributed by atoms with E-state index in [1.54, 1.807) is 0 Å². The Bertz CT molecular complexity index is 368. The van der Waals surface area contributed by atoms with Gasteiger partial charge in [0.05, 0.1) is 6.54 Å². The average Bonchev–Trinajstić information content (AvgIpc) is 2.42. The van der Waals surface area contributed by atoms with Gasteiger partial charge < -0.3 is 10.00 Å². The smallest absolute Gasteiger partial charge is 0.122 e. The quantitative estimate of drug-likeness (QED) is 0.802. The highest BCUT2D eigenvalue weighted by atomic mass is 32.1. The molecule has 0 fully saturated rings. The maximum absolute atomic E-state index is 5.31. The van der Waals surface area contributed by atoms with Crippen LogP contribution in [0.25, 0.3) is 0 Å². The topological polar surface area (TPSA) is 24.0 Å². The summed E-state index contributed by atoms with van der Waals surface area (Å²) in [6.45, 7) is 8.47. The minimum absolute atomic E-state index is 0.136. The van der Waals surface area contributed by atoms with Gasteiger partial charge in [-0.05, 0) is 20.2 Å². The molecule has 0 atom stereocenters. The van der Waals surface area contributed by atoms with Crippen molar-refractivity contribution in [2.24, 2.45) is 0 Å². The number of nitrogens with zero attached hydrogens (tertiary/aromatic N) is 2. The molecule has 3 nitrogen and oxygen atoms in total. The molecule has 0 aliphatic heterocycles. The van der Waals surface area contributed by atoms with Crippen molar-refractivity contribution in [2.75, 3.05) is 20.6 Å². The first-order valence-electron chi connectivity index (χ1n) is 5.26. The summed E-state index contributed by atoms with van der Waals surface area (Å²) in [5.41, 5.74) is 1.34. The second kappa shape index (κ2) is 4.49. The lowest BCUT2D eigenvalue weighted by atomic mass is 9.93. The molecule has 0 saturated carbocycles. The van der Waals surface area contributed by atoms with E-state index in [0.29, 0.717) is 0 Å². The van der Waals surface area contributed by atoms with Gasteiger partial charge in [-0.25, -0.2) is 0 Å². The zero-order valence-electron chi connectivity index (χ0n) is 10.3. The van der Waals surface area contributed by atoms with Crippen LogP contribution in [0.3, 0.4) is 0 Å². The van der Waals surface area contributed by atoms with Crippen LogP contribution in [0.2, 0.25) is 0 Å². The highest BCUT2D eigenvalue weighted by Gasteiger charge is 2.16. The van der Waals surface area contributed by atoms with E-state index in [2.05, 4.69) is 50.9 Å². The molecule has 0 aromatic carbocycles. The largest absolute Gasteiger partial charge is 0.308 e. The zero-order chi connectivity index (χ0) is 11.6. The summed E-state index contributed by atoms with van der Waals surface area (Å²) >= 11 is 5.31. The molecule has 4 heteroatoms. The Morgan fingerprint density at radius 1 is 1.40 bits per heavy atom. The summed E-state index contributed by atoms with van der Waals surface area (Å²) in [5.74, 6) is 0. The first-order chi connectivity index (χ1) is 6.80. The maximum atomic E-state index is 5.31. The van der Waals surface area contributed by atoms with E-state index in [9.17, 15) is 0 Å². The Balaban J connectivity index is 2.83. The minimum atomic E-state index is 0.136. The summed E-state index contributed by atoms with van der Waals surface area (Å²) in [4.78, 5) is 2.15. The predicted octanol–water partition coefficient (Wildman–Crippen LogP) is 2.40. The molecule has 1 aromatic heterocycles. The van der Waals surface area contributed by atoms with Gasteiger partial charge in [0.2, 0.25) is 0 Å². The molecule has 0 radical (unpaired) electrons. The number of H-pyrrole nitrogens is 1. The van der Waals surface area contributed by atoms with E-state index in [1.807, 2.05) is 4.68 Å². The van der Waals surface area contributed by atoms with Gasteiger partial charge in [0.25, 0.3) is 0 Å². The van der Waals surface area contributed by atoms with Crippen LogP contribution in [-0.4, -0.2) is 35.3 Å². The van der Waals surface area contributed by atoms with Crippen LogP contribution in [0.1, 0.15) is 26.5 Å². The number of likely N-dealkylation sites (N-methyl/N-ethyl adjacent to an activating group) is 1. The van der Waals surface area contributed by atoms with Gasteiger partial charge in [0.15, 0.2) is 0 Å². The molecule has 0 saturated heterocycles. The molecule has 0 amide bonds. The van der Waals surface area contributed by atoms with E-state index in [1.165, 1.54) is 5.69 Å². The fraction of sp³-hybridized carbons (Fsp3) is 0.727. The Hall–Kier alpha value is -0.610. The summed E-state index contributed by atoms with van der Waals surface area (Å²) in [6.07, 6.45) is 0. The molecule has 0 aliphatic rings. The molecule has 86 valence electrons. The third kappa shape index (κ3) is 3.47. The first-order valence-corrected chi connectivity index (χ1v) is 5.66. The van der Waals surface area contributed by atoms with Crippen molar-refractivity contribution in [3.05, 3.63) is 16.4 Å². The van der Waals surface area contributed by atoms with Crippen molar-refractivity contribution < 1.29 is 0 Å². The highest BCUT2D eigenvalue weighted by molar-refractivity contribution is 7.71. The van der Waals surface area contributed by atoms with Gasteiger partial charge in [-0.15, -0.1) is 0 Å². The lowest BCUT2D eigenvalue weighted by molar-refractivity contribution is 0.369. The van der Waals surface area contributed by atoms with Gasteiger partial charge in [0, 0.05) is 17.7 Å². The summed E-state index contributed by atoms with van der Waals surface area (Å²) < 4.78 is 2.93. The van der Waals surface area contributed by atoms with Crippen LogP contribution in [-0.2, 0) is 12.0 Å². The van der Waals surface area contributed by atoms with Gasteiger partial charge in [0.1, 0.15) is 4.64 Å². The molecular weight excluding hydrogens is 206 g/mol. The second-order valence-corrected chi connectivity index (χ2v) is 5.63. The molecule has 0 spiro atoms. The Morgan fingerprint density at radius 3 is 2.40 bits per heavy atom.